The molecule has 0 spiro atoms. The van der Waals surface area contributed by atoms with Crippen LogP contribution >= 0.6 is 0 Å². The van der Waals surface area contributed by atoms with Crippen molar-refractivity contribution >= 4 is 17.5 Å². The van der Waals surface area contributed by atoms with Gasteiger partial charge in [0.2, 0.25) is 0 Å². The topological polar surface area (TPSA) is 63.1 Å². The van der Waals surface area contributed by atoms with Crippen molar-refractivity contribution in [1.29, 1.82) is 0 Å². The van der Waals surface area contributed by atoms with Crippen molar-refractivity contribution in [3.8, 4) is 5.75 Å². The van der Waals surface area contributed by atoms with Gasteiger partial charge in [-0.1, -0.05) is 30.3 Å². The van der Waals surface area contributed by atoms with Crippen LogP contribution < -0.4 is 14.5 Å². The van der Waals surface area contributed by atoms with Gasteiger partial charge in [0.25, 0.3) is 0 Å². The predicted octanol–water partition coefficient (Wildman–Crippen LogP) is 4.26. The molecule has 8 nitrogen and oxygen atoms in total. The molecule has 0 saturated carbocycles. The Morgan fingerprint density at radius 2 is 1.89 bits per heavy atom. The smallest absolute Gasteiger partial charge is 0.326 e. The Bertz CT molecular complexity index is 1280. The van der Waals surface area contributed by atoms with Crippen molar-refractivity contribution < 1.29 is 18.7 Å². The van der Waals surface area contributed by atoms with E-state index in [9.17, 15) is 9.18 Å². The minimum atomic E-state index is -0.187. The summed E-state index contributed by atoms with van der Waals surface area (Å²) in [5.74, 6) is 1.28. The fourth-order valence-electron chi connectivity index (χ4n) is 5.60. The molecular weight excluding hydrogens is 473 g/mol. The van der Waals surface area contributed by atoms with Crippen LogP contribution in [0.4, 0.5) is 20.7 Å². The van der Waals surface area contributed by atoms with E-state index in [-0.39, 0.29) is 24.0 Å². The van der Waals surface area contributed by atoms with Crippen molar-refractivity contribution in [3.63, 3.8) is 0 Å². The Labute approximate surface area is 216 Å². The average molecular weight is 506 g/mol. The van der Waals surface area contributed by atoms with Gasteiger partial charge in [-0.3, -0.25) is 9.58 Å². The van der Waals surface area contributed by atoms with Crippen molar-refractivity contribution in [2.24, 2.45) is 7.05 Å². The second-order valence-corrected chi connectivity index (χ2v) is 10.2. The lowest BCUT2D eigenvalue weighted by Crippen LogP contribution is -2.54. The molecule has 2 amide bonds. The molecule has 37 heavy (non-hydrogen) atoms. The number of ether oxygens (including phenoxy) is 2. The number of hydrogen-bond acceptors (Lipinski definition) is 5. The maximum atomic E-state index is 14.6. The molecule has 0 aliphatic carbocycles. The van der Waals surface area contributed by atoms with Crippen molar-refractivity contribution in [2.45, 2.75) is 45.0 Å². The zero-order chi connectivity index (χ0) is 25.5. The van der Waals surface area contributed by atoms with Crippen LogP contribution in [-0.2, 0) is 24.9 Å². The first-order valence-corrected chi connectivity index (χ1v) is 12.9. The number of halogens is 1. The summed E-state index contributed by atoms with van der Waals surface area (Å²) in [6.07, 6.45) is 3.60. The molecule has 3 aromatic rings. The Balaban J connectivity index is 1.22. The summed E-state index contributed by atoms with van der Waals surface area (Å²) in [5.41, 5.74) is 3.58. The molecule has 1 aromatic heterocycles. The summed E-state index contributed by atoms with van der Waals surface area (Å²) >= 11 is 0. The average Bonchev–Trinajstić information content (AvgIpc) is 3.24. The highest BCUT2D eigenvalue weighted by molar-refractivity contribution is 5.94. The number of amides is 2. The second-order valence-electron chi connectivity index (χ2n) is 10.2. The molecule has 3 aliphatic heterocycles. The maximum Gasteiger partial charge on any atom is 0.326 e. The molecule has 4 heterocycles. The summed E-state index contributed by atoms with van der Waals surface area (Å²) in [6, 6.07) is 13.1. The van der Waals surface area contributed by atoms with E-state index < -0.39 is 0 Å². The van der Waals surface area contributed by atoms with Crippen LogP contribution in [0, 0.1) is 12.7 Å². The second kappa shape index (κ2) is 9.70. The van der Waals surface area contributed by atoms with Crippen LogP contribution in [0.5, 0.6) is 5.75 Å². The predicted molar refractivity (Wildman–Crippen MR) is 138 cm³/mol. The van der Waals surface area contributed by atoms with E-state index in [1.807, 2.05) is 55.4 Å². The summed E-state index contributed by atoms with van der Waals surface area (Å²) in [5, 5.41) is 4.63. The number of nitrogens with zero attached hydrogens (tertiary/aromatic N) is 5. The van der Waals surface area contributed by atoms with Gasteiger partial charge in [0, 0.05) is 43.5 Å². The molecule has 0 bridgehead atoms. The van der Waals surface area contributed by atoms with Gasteiger partial charge in [0.1, 0.15) is 17.7 Å². The molecule has 0 atom stereocenters. The van der Waals surface area contributed by atoms with E-state index in [0.717, 1.165) is 35.3 Å². The lowest BCUT2D eigenvalue weighted by molar-refractivity contribution is -0.0799. The molecule has 2 aromatic carbocycles. The number of aromatic nitrogens is 2. The minimum absolute atomic E-state index is 0.0448. The van der Waals surface area contributed by atoms with Crippen molar-refractivity contribution in [3.05, 3.63) is 71.2 Å². The lowest BCUT2D eigenvalue weighted by atomic mass is 10.00. The van der Waals surface area contributed by atoms with Crippen molar-refractivity contribution in [1.82, 2.24) is 14.7 Å². The summed E-state index contributed by atoms with van der Waals surface area (Å²) in [4.78, 5) is 19.8. The van der Waals surface area contributed by atoms with Crippen LogP contribution in [-0.4, -0.2) is 59.2 Å². The molecule has 0 radical (unpaired) electrons. The van der Waals surface area contributed by atoms with Crippen LogP contribution in [0.2, 0.25) is 0 Å². The van der Waals surface area contributed by atoms with Gasteiger partial charge in [0.05, 0.1) is 32.0 Å². The maximum absolute atomic E-state index is 14.6. The summed E-state index contributed by atoms with van der Waals surface area (Å²) in [7, 11) is 1.88. The third-order valence-corrected chi connectivity index (χ3v) is 7.57. The van der Waals surface area contributed by atoms with Gasteiger partial charge < -0.3 is 19.3 Å². The molecule has 6 rings (SSSR count). The molecule has 2 fully saturated rings. The molecule has 0 unspecified atom stereocenters. The largest absolute Gasteiger partial charge is 0.485 e. The van der Waals surface area contributed by atoms with Crippen molar-refractivity contribution in [2.75, 3.05) is 36.1 Å². The van der Waals surface area contributed by atoms with E-state index in [4.69, 9.17) is 9.47 Å². The third-order valence-electron chi connectivity index (χ3n) is 7.57. The number of fused-ring (bicyclic) bond motifs is 1. The summed E-state index contributed by atoms with van der Waals surface area (Å²) < 4.78 is 27.7. The zero-order valence-corrected chi connectivity index (χ0v) is 21.3. The van der Waals surface area contributed by atoms with Gasteiger partial charge >= 0.3 is 6.03 Å². The van der Waals surface area contributed by atoms with Gasteiger partial charge in [-0.05, 0) is 37.5 Å². The Morgan fingerprint density at radius 1 is 1.11 bits per heavy atom. The zero-order valence-electron chi connectivity index (χ0n) is 21.3. The molecular formula is C28H32FN5O3. The molecule has 194 valence electrons. The summed E-state index contributed by atoms with van der Waals surface area (Å²) in [6.45, 7) is 5.42. The van der Waals surface area contributed by atoms with E-state index in [2.05, 4.69) is 10.00 Å². The molecule has 0 N–H and O–H groups in total. The van der Waals surface area contributed by atoms with E-state index >= 15 is 0 Å². The van der Waals surface area contributed by atoms with E-state index in [1.54, 1.807) is 15.6 Å². The number of piperidine rings is 1. The van der Waals surface area contributed by atoms with Gasteiger partial charge in [-0.15, -0.1) is 0 Å². The first kappa shape index (κ1) is 23.8. The SMILES string of the molecule is Cc1cccc(F)c1N1CCC(N2Cc3cn(C)nc3N(Cc3ccccc3OC3COC3)C2=O)CC1. The molecule has 2 saturated heterocycles. The fraction of sp³-hybridized carbons (Fsp3) is 0.429. The quantitative estimate of drug-likeness (QED) is 0.501. The van der Waals surface area contributed by atoms with E-state index in [0.29, 0.717) is 50.9 Å². The van der Waals surface area contributed by atoms with Crippen LogP contribution in [0.3, 0.4) is 0 Å². The number of rotatable bonds is 6. The van der Waals surface area contributed by atoms with Crippen LogP contribution in [0.1, 0.15) is 29.5 Å². The number of carbonyl (C=O) groups excluding carboxylic acids is 1. The van der Waals surface area contributed by atoms with E-state index in [1.165, 1.54) is 6.07 Å². The number of hydrogen-bond donors (Lipinski definition) is 0. The number of urea groups is 1. The lowest BCUT2D eigenvalue weighted by Gasteiger charge is -2.43. The monoisotopic (exact) mass is 505 g/mol. The first-order chi connectivity index (χ1) is 18.0. The number of aryl methyl sites for hydroxylation is 2. The Hall–Kier alpha value is -3.59. The highest BCUT2D eigenvalue weighted by atomic mass is 19.1. The fourth-order valence-corrected chi connectivity index (χ4v) is 5.60. The molecule has 9 heteroatoms. The van der Waals surface area contributed by atoms with Gasteiger partial charge in [-0.2, -0.15) is 5.10 Å². The number of para-hydroxylation sites is 2. The Morgan fingerprint density at radius 3 is 2.62 bits per heavy atom. The Kier molecular flexibility index (Phi) is 6.24. The normalized spacial score (nSPS) is 18.7. The number of anilines is 2. The van der Waals surface area contributed by atoms with Crippen LogP contribution in [0.15, 0.2) is 48.7 Å². The highest BCUT2D eigenvalue weighted by Crippen LogP contribution is 2.35. The highest BCUT2D eigenvalue weighted by Gasteiger charge is 2.38. The standard InChI is InChI=1S/C28H32FN5O3/c1-19-6-5-8-24(29)26(19)32-12-10-22(11-13-32)33-16-21-14-31(2)30-27(21)34(28(33)35)15-20-7-3-4-9-25(20)37-23-17-36-18-23/h3-9,14,22-23H,10-13,15-18H2,1-2H3. The number of benzene rings is 2. The van der Waals surface area contributed by atoms with Crippen LogP contribution in [0.25, 0.3) is 0 Å². The third kappa shape index (κ3) is 4.52. The number of carbonyl (C=O) groups is 1. The van der Waals surface area contributed by atoms with Gasteiger partial charge in [-0.25, -0.2) is 9.18 Å². The van der Waals surface area contributed by atoms with Gasteiger partial charge in [0.15, 0.2) is 5.82 Å². The molecule has 3 aliphatic rings. The first-order valence-electron chi connectivity index (χ1n) is 12.9. The minimum Gasteiger partial charge on any atom is -0.485 e.